The third-order valence-corrected chi connectivity index (χ3v) is 6.73. The van der Waals surface area contributed by atoms with Gasteiger partial charge in [-0.3, -0.25) is 4.79 Å². The zero-order chi connectivity index (χ0) is 25.1. The quantitative estimate of drug-likeness (QED) is 0.429. The number of benzene rings is 3. The van der Waals surface area contributed by atoms with Crippen LogP contribution in [-0.4, -0.2) is 26.4 Å². The Balaban J connectivity index is 1.79. The maximum Gasteiger partial charge on any atom is 0.573 e. The van der Waals surface area contributed by atoms with Crippen molar-refractivity contribution in [1.82, 2.24) is 0 Å². The molecule has 0 aliphatic heterocycles. The Morgan fingerprint density at radius 2 is 1.68 bits per heavy atom. The number of hydrogen-bond donors (Lipinski definition) is 1. The maximum atomic E-state index is 14.9. The average molecular weight is 495 g/mol. The molecule has 0 aliphatic rings. The van der Waals surface area contributed by atoms with Gasteiger partial charge in [-0.2, -0.15) is 0 Å². The highest BCUT2D eigenvalue weighted by Crippen LogP contribution is 2.37. The van der Waals surface area contributed by atoms with E-state index in [2.05, 4.69) is 10.1 Å². The lowest BCUT2D eigenvalue weighted by molar-refractivity contribution is -0.274. The number of ether oxygens (including phenoxy) is 1. The van der Waals surface area contributed by atoms with Gasteiger partial charge in [0.15, 0.2) is 9.84 Å². The molecule has 0 unspecified atom stereocenters. The summed E-state index contributed by atoms with van der Waals surface area (Å²) in [5.41, 5.74) is 0.825. The zero-order valence-corrected chi connectivity index (χ0v) is 19.1. The van der Waals surface area contributed by atoms with Crippen molar-refractivity contribution in [3.8, 4) is 16.9 Å². The van der Waals surface area contributed by atoms with Crippen LogP contribution < -0.4 is 10.1 Å². The number of aryl methyl sites for hydroxylation is 1. The molecule has 0 heterocycles. The lowest BCUT2D eigenvalue weighted by Gasteiger charge is -2.16. The number of carbonyl (C=O) groups is 1. The van der Waals surface area contributed by atoms with Crippen molar-refractivity contribution in [3.63, 3.8) is 0 Å². The Labute approximate surface area is 194 Å². The van der Waals surface area contributed by atoms with Crippen LogP contribution in [0.3, 0.4) is 0 Å². The minimum absolute atomic E-state index is 0.0411. The molecule has 5 nitrogen and oxygen atoms in total. The van der Waals surface area contributed by atoms with Crippen LogP contribution in [0.2, 0.25) is 0 Å². The summed E-state index contributed by atoms with van der Waals surface area (Å²) in [7, 11) is -3.36. The molecule has 180 valence electrons. The minimum Gasteiger partial charge on any atom is -0.405 e. The van der Waals surface area contributed by atoms with E-state index in [4.69, 9.17) is 0 Å². The molecular weight excluding hydrogens is 474 g/mol. The van der Waals surface area contributed by atoms with Crippen molar-refractivity contribution in [2.45, 2.75) is 31.5 Å². The van der Waals surface area contributed by atoms with E-state index in [1.165, 1.54) is 62.4 Å². The molecule has 0 aliphatic carbocycles. The summed E-state index contributed by atoms with van der Waals surface area (Å²) in [5, 5.41) is 2.55. The number of sulfone groups is 1. The predicted molar refractivity (Wildman–Crippen MR) is 120 cm³/mol. The summed E-state index contributed by atoms with van der Waals surface area (Å²) >= 11 is 0. The largest absolute Gasteiger partial charge is 0.573 e. The molecule has 1 N–H and O–H groups in total. The Morgan fingerprint density at radius 3 is 2.26 bits per heavy atom. The van der Waals surface area contributed by atoms with Gasteiger partial charge in [0.2, 0.25) is 5.91 Å². The fourth-order valence-electron chi connectivity index (χ4n) is 3.42. The molecule has 1 amide bonds. The first-order valence-electron chi connectivity index (χ1n) is 10.2. The molecule has 34 heavy (non-hydrogen) atoms. The Morgan fingerprint density at radius 1 is 1.03 bits per heavy atom. The van der Waals surface area contributed by atoms with Crippen LogP contribution in [0.4, 0.5) is 23.2 Å². The molecule has 0 spiro atoms. The van der Waals surface area contributed by atoms with Gasteiger partial charge in [0.25, 0.3) is 0 Å². The summed E-state index contributed by atoms with van der Waals surface area (Å²) in [6, 6.07) is 13.5. The van der Waals surface area contributed by atoms with Crippen molar-refractivity contribution < 1.29 is 35.5 Å². The van der Waals surface area contributed by atoms with E-state index in [9.17, 15) is 30.8 Å². The number of halogens is 4. The van der Waals surface area contributed by atoms with Gasteiger partial charge in [-0.15, -0.1) is 13.2 Å². The first-order valence-corrected chi connectivity index (χ1v) is 11.8. The second kappa shape index (κ2) is 9.84. The minimum atomic E-state index is -4.94. The molecule has 0 atom stereocenters. The zero-order valence-electron chi connectivity index (χ0n) is 18.2. The highest BCUT2D eigenvalue weighted by atomic mass is 32.2. The molecule has 0 aromatic heterocycles. The standard InChI is InChI=1S/C24H21F4NO4S/c1-3-34(31,32)18-10-8-16(9-11-18)13-22(30)29-17-12-15(2)23(20(25)14-17)19-6-4-5-7-21(19)33-24(26,27)28/h4-12,14H,3,13H2,1-2H3,(H,29,30). The third-order valence-electron chi connectivity index (χ3n) is 4.98. The number of nitrogens with one attached hydrogen (secondary N) is 1. The van der Waals surface area contributed by atoms with Gasteiger partial charge >= 0.3 is 6.36 Å². The first-order chi connectivity index (χ1) is 15.9. The van der Waals surface area contributed by atoms with Crippen LogP contribution in [0.5, 0.6) is 5.75 Å². The van der Waals surface area contributed by atoms with Crippen molar-refractivity contribution in [2.75, 3.05) is 11.1 Å². The lowest BCUT2D eigenvalue weighted by Crippen LogP contribution is -2.18. The van der Waals surface area contributed by atoms with Crippen molar-refractivity contribution in [3.05, 3.63) is 77.6 Å². The number of amides is 1. The van der Waals surface area contributed by atoms with Crippen LogP contribution in [0.25, 0.3) is 11.1 Å². The van der Waals surface area contributed by atoms with Crippen LogP contribution in [0.15, 0.2) is 65.6 Å². The monoisotopic (exact) mass is 495 g/mol. The molecule has 10 heteroatoms. The van der Waals surface area contributed by atoms with E-state index in [1.807, 2.05) is 0 Å². The van der Waals surface area contributed by atoms with Crippen LogP contribution >= 0.6 is 0 Å². The number of hydrogen-bond acceptors (Lipinski definition) is 4. The SMILES string of the molecule is CCS(=O)(=O)c1ccc(CC(=O)Nc2cc(C)c(-c3ccccc3OC(F)(F)F)c(F)c2)cc1. The Kier molecular flexibility index (Phi) is 7.30. The molecule has 3 aromatic carbocycles. The van der Waals surface area contributed by atoms with Crippen molar-refractivity contribution in [1.29, 1.82) is 0 Å². The fourth-order valence-corrected chi connectivity index (χ4v) is 4.30. The molecule has 0 radical (unpaired) electrons. The van der Waals surface area contributed by atoms with E-state index < -0.39 is 33.7 Å². The van der Waals surface area contributed by atoms with E-state index in [1.54, 1.807) is 0 Å². The van der Waals surface area contributed by atoms with Crippen molar-refractivity contribution >= 4 is 21.4 Å². The molecule has 0 saturated carbocycles. The summed E-state index contributed by atoms with van der Waals surface area (Å²) in [5.74, 6) is -1.89. The predicted octanol–water partition coefficient (Wildman–Crippen LogP) is 5.67. The topological polar surface area (TPSA) is 72.5 Å². The van der Waals surface area contributed by atoms with Crippen molar-refractivity contribution in [2.24, 2.45) is 0 Å². The average Bonchev–Trinajstić information content (AvgIpc) is 2.73. The number of anilines is 1. The molecule has 3 aromatic rings. The molecule has 0 fully saturated rings. The number of carbonyl (C=O) groups excluding carboxylic acids is 1. The molecule has 0 bridgehead atoms. The highest BCUT2D eigenvalue weighted by Gasteiger charge is 2.32. The van der Waals surface area contributed by atoms with E-state index in [0.717, 1.165) is 12.1 Å². The lowest BCUT2D eigenvalue weighted by atomic mass is 9.98. The van der Waals surface area contributed by atoms with E-state index in [0.29, 0.717) is 11.1 Å². The summed E-state index contributed by atoms with van der Waals surface area (Å²) in [4.78, 5) is 12.6. The second-order valence-electron chi connectivity index (χ2n) is 7.47. The van der Waals surface area contributed by atoms with E-state index >= 15 is 0 Å². The molecule has 3 rings (SSSR count). The van der Waals surface area contributed by atoms with Crippen LogP contribution in [0, 0.1) is 12.7 Å². The Bertz CT molecular complexity index is 1280. The first kappa shape index (κ1) is 25.2. The highest BCUT2D eigenvalue weighted by molar-refractivity contribution is 7.91. The smallest absolute Gasteiger partial charge is 0.405 e. The summed E-state index contributed by atoms with van der Waals surface area (Å²) < 4.78 is 80.9. The second-order valence-corrected chi connectivity index (χ2v) is 9.74. The summed E-state index contributed by atoms with van der Waals surface area (Å²) in [6.07, 6.45) is -5.02. The van der Waals surface area contributed by atoms with Gasteiger partial charge in [-0.05, 0) is 48.4 Å². The number of para-hydroxylation sites is 1. The maximum absolute atomic E-state index is 14.9. The number of rotatable bonds is 7. The molecule has 0 saturated heterocycles. The van der Waals surface area contributed by atoms with Gasteiger partial charge in [0.05, 0.1) is 17.1 Å². The van der Waals surface area contributed by atoms with E-state index in [-0.39, 0.29) is 33.9 Å². The third kappa shape index (κ3) is 6.13. The van der Waals surface area contributed by atoms with Gasteiger partial charge in [-0.1, -0.05) is 37.3 Å². The van der Waals surface area contributed by atoms with Gasteiger partial charge in [0.1, 0.15) is 11.6 Å². The summed E-state index contributed by atoms with van der Waals surface area (Å²) in [6.45, 7) is 3.04. The molecular formula is C24H21F4NO4S. The van der Waals surface area contributed by atoms with Gasteiger partial charge in [0, 0.05) is 16.8 Å². The van der Waals surface area contributed by atoms with Crippen LogP contribution in [0.1, 0.15) is 18.1 Å². The van der Waals surface area contributed by atoms with Crippen LogP contribution in [-0.2, 0) is 21.1 Å². The Hall–Kier alpha value is -3.40. The van der Waals surface area contributed by atoms with Gasteiger partial charge < -0.3 is 10.1 Å². The number of alkyl halides is 3. The fraction of sp³-hybridized carbons (Fsp3) is 0.208. The van der Waals surface area contributed by atoms with Gasteiger partial charge in [-0.25, -0.2) is 12.8 Å². The normalized spacial score (nSPS) is 11.8.